The zero-order valence-corrected chi connectivity index (χ0v) is 8.11. The van der Waals surface area contributed by atoms with Crippen LogP contribution in [0, 0.1) is 11.3 Å². The van der Waals surface area contributed by atoms with E-state index in [9.17, 15) is 14.4 Å². The van der Waals surface area contributed by atoms with Crippen molar-refractivity contribution in [2.45, 2.75) is 12.8 Å². The number of methoxy groups -OCH3 is 2. The minimum absolute atomic E-state index is 0.185. The Bertz CT molecular complexity index is 254. The van der Waals surface area contributed by atoms with Gasteiger partial charge in [0.1, 0.15) is 6.29 Å². The number of ether oxygens (including phenoxy) is 2. The Labute approximate surface area is 81.4 Å². The van der Waals surface area contributed by atoms with Gasteiger partial charge in [0.15, 0.2) is 5.41 Å². The number of esters is 2. The quantitative estimate of drug-likeness (QED) is 0.361. The fourth-order valence-electron chi connectivity index (χ4n) is 1.68. The highest BCUT2D eigenvalue weighted by molar-refractivity contribution is 6.04. The van der Waals surface area contributed by atoms with Crippen LogP contribution in [0.5, 0.6) is 0 Å². The van der Waals surface area contributed by atoms with Crippen molar-refractivity contribution in [3.63, 3.8) is 0 Å². The van der Waals surface area contributed by atoms with Crippen molar-refractivity contribution >= 4 is 18.2 Å². The van der Waals surface area contributed by atoms with Crippen LogP contribution in [0.2, 0.25) is 0 Å². The number of carbonyl (C=O) groups is 3. The molecule has 1 aliphatic rings. The number of rotatable bonds is 4. The van der Waals surface area contributed by atoms with Gasteiger partial charge in [-0.3, -0.25) is 9.59 Å². The number of hydrogen-bond donors (Lipinski definition) is 0. The summed E-state index contributed by atoms with van der Waals surface area (Å²) in [6.07, 6.45) is 1.22. The second kappa shape index (κ2) is 3.77. The van der Waals surface area contributed by atoms with Crippen LogP contribution < -0.4 is 0 Å². The second-order valence-electron chi connectivity index (χ2n) is 3.26. The van der Waals surface area contributed by atoms with Gasteiger partial charge in [-0.05, 0) is 12.3 Å². The van der Waals surface area contributed by atoms with Crippen molar-refractivity contribution in [3.05, 3.63) is 0 Å². The van der Waals surface area contributed by atoms with Gasteiger partial charge in [0.2, 0.25) is 0 Å². The minimum atomic E-state index is -1.22. The van der Waals surface area contributed by atoms with Gasteiger partial charge in [0.05, 0.1) is 14.2 Å². The first-order valence-electron chi connectivity index (χ1n) is 4.24. The fraction of sp³-hybridized carbons (Fsp3) is 0.667. The summed E-state index contributed by atoms with van der Waals surface area (Å²) in [7, 11) is 2.42. The molecule has 0 aromatic heterocycles. The van der Waals surface area contributed by atoms with Crippen LogP contribution in [0.15, 0.2) is 0 Å². The predicted octanol–water partition coefficient (Wildman–Crippen LogP) is -0.0723. The molecule has 0 radical (unpaired) electrons. The first-order chi connectivity index (χ1) is 6.63. The molecule has 0 saturated heterocycles. The molecule has 1 unspecified atom stereocenters. The third kappa shape index (κ3) is 1.38. The standard InChI is InChI=1S/C9H12O5/c1-13-7(11)9(8(12)14-2)5-6(9)3-4-10/h4,6H,3,5H2,1-2H3. The molecule has 0 aromatic rings. The van der Waals surface area contributed by atoms with E-state index >= 15 is 0 Å². The van der Waals surface area contributed by atoms with E-state index in [0.29, 0.717) is 12.7 Å². The Kier molecular flexibility index (Phi) is 2.88. The van der Waals surface area contributed by atoms with Gasteiger partial charge in [-0.2, -0.15) is 0 Å². The van der Waals surface area contributed by atoms with E-state index in [1.54, 1.807) is 0 Å². The lowest BCUT2D eigenvalue weighted by Crippen LogP contribution is -2.30. The summed E-state index contributed by atoms with van der Waals surface area (Å²) >= 11 is 0. The molecule has 5 heteroatoms. The molecular formula is C9H12O5. The molecule has 1 saturated carbocycles. The maximum Gasteiger partial charge on any atom is 0.323 e. The maximum atomic E-state index is 11.3. The normalized spacial score (nSPS) is 22.3. The molecule has 0 spiro atoms. The van der Waals surface area contributed by atoms with Crippen LogP contribution in [-0.2, 0) is 23.9 Å². The Hall–Kier alpha value is -1.39. The Morgan fingerprint density at radius 3 is 2.21 bits per heavy atom. The lowest BCUT2D eigenvalue weighted by Gasteiger charge is -2.11. The second-order valence-corrected chi connectivity index (χ2v) is 3.26. The van der Waals surface area contributed by atoms with Crippen molar-refractivity contribution in [3.8, 4) is 0 Å². The van der Waals surface area contributed by atoms with Crippen molar-refractivity contribution < 1.29 is 23.9 Å². The van der Waals surface area contributed by atoms with E-state index in [-0.39, 0.29) is 12.3 Å². The van der Waals surface area contributed by atoms with Crippen LogP contribution in [-0.4, -0.2) is 32.4 Å². The Morgan fingerprint density at radius 2 is 1.86 bits per heavy atom. The van der Waals surface area contributed by atoms with E-state index in [0.717, 1.165) is 0 Å². The van der Waals surface area contributed by atoms with E-state index in [1.165, 1.54) is 14.2 Å². The Morgan fingerprint density at radius 1 is 1.36 bits per heavy atom. The summed E-state index contributed by atoms with van der Waals surface area (Å²) in [5.74, 6) is -1.49. The molecule has 78 valence electrons. The van der Waals surface area contributed by atoms with E-state index in [2.05, 4.69) is 9.47 Å². The molecular weight excluding hydrogens is 188 g/mol. The van der Waals surface area contributed by atoms with Gasteiger partial charge in [-0.15, -0.1) is 0 Å². The lowest BCUT2D eigenvalue weighted by atomic mass is 10.0. The van der Waals surface area contributed by atoms with E-state index in [1.807, 2.05) is 0 Å². The molecule has 0 N–H and O–H groups in total. The van der Waals surface area contributed by atoms with E-state index in [4.69, 9.17) is 0 Å². The molecule has 14 heavy (non-hydrogen) atoms. The third-order valence-corrected chi connectivity index (χ3v) is 2.59. The average Bonchev–Trinajstić information content (AvgIpc) is 2.92. The lowest BCUT2D eigenvalue weighted by molar-refractivity contribution is -0.162. The molecule has 0 heterocycles. The number of hydrogen-bond acceptors (Lipinski definition) is 5. The largest absolute Gasteiger partial charge is 0.468 e. The van der Waals surface area contributed by atoms with Gasteiger partial charge >= 0.3 is 11.9 Å². The molecule has 0 amide bonds. The summed E-state index contributed by atoms with van der Waals surface area (Å²) in [5, 5.41) is 0. The highest BCUT2D eigenvalue weighted by Crippen LogP contribution is 2.55. The van der Waals surface area contributed by atoms with Crippen molar-refractivity contribution in [2.24, 2.45) is 11.3 Å². The molecule has 0 aliphatic heterocycles. The van der Waals surface area contributed by atoms with Crippen LogP contribution >= 0.6 is 0 Å². The van der Waals surface area contributed by atoms with Gasteiger partial charge in [0, 0.05) is 6.42 Å². The fourth-order valence-corrected chi connectivity index (χ4v) is 1.68. The van der Waals surface area contributed by atoms with Crippen LogP contribution in [0.25, 0.3) is 0 Å². The SMILES string of the molecule is COC(=O)C1(C(=O)OC)CC1CC=O. The topological polar surface area (TPSA) is 69.7 Å². The Balaban J connectivity index is 2.80. The molecule has 1 atom stereocenters. The maximum absolute atomic E-state index is 11.3. The van der Waals surface area contributed by atoms with Gasteiger partial charge < -0.3 is 14.3 Å². The highest BCUT2D eigenvalue weighted by Gasteiger charge is 2.67. The molecule has 1 aliphatic carbocycles. The van der Waals surface area contributed by atoms with Crippen molar-refractivity contribution in [1.29, 1.82) is 0 Å². The van der Waals surface area contributed by atoms with Gasteiger partial charge in [-0.1, -0.05) is 0 Å². The number of aldehydes is 1. The van der Waals surface area contributed by atoms with E-state index < -0.39 is 17.4 Å². The summed E-state index contributed by atoms with van der Waals surface area (Å²) in [5.41, 5.74) is -1.22. The number of carbonyl (C=O) groups excluding carboxylic acids is 3. The van der Waals surface area contributed by atoms with Gasteiger partial charge in [-0.25, -0.2) is 0 Å². The minimum Gasteiger partial charge on any atom is -0.468 e. The third-order valence-electron chi connectivity index (χ3n) is 2.59. The zero-order valence-electron chi connectivity index (χ0n) is 8.11. The predicted molar refractivity (Wildman–Crippen MR) is 45.3 cm³/mol. The summed E-state index contributed by atoms with van der Waals surface area (Å²) in [4.78, 5) is 32.9. The zero-order chi connectivity index (χ0) is 10.8. The highest BCUT2D eigenvalue weighted by atomic mass is 16.5. The van der Waals surface area contributed by atoms with Crippen LogP contribution in [0.3, 0.4) is 0 Å². The summed E-state index contributed by atoms with van der Waals surface area (Å²) < 4.78 is 9.04. The first kappa shape index (κ1) is 10.7. The first-order valence-corrected chi connectivity index (χ1v) is 4.24. The summed E-state index contributed by atoms with van der Waals surface area (Å²) in [6, 6.07) is 0. The van der Waals surface area contributed by atoms with Crippen LogP contribution in [0.4, 0.5) is 0 Å². The van der Waals surface area contributed by atoms with Gasteiger partial charge in [0.25, 0.3) is 0 Å². The molecule has 0 aromatic carbocycles. The van der Waals surface area contributed by atoms with Crippen molar-refractivity contribution in [1.82, 2.24) is 0 Å². The smallest absolute Gasteiger partial charge is 0.323 e. The molecule has 5 nitrogen and oxygen atoms in total. The van der Waals surface area contributed by atoms with Crippen molar-refractivity contribution in [2.75, 3.05) is 14.2 Å². The monoisotopic (exact) mass is 200 g/mol. The molecule has 1 rings (SSSR count). The molecule has 0 bridgehead atoms. The average molecular weight is 200 g/mol. The summed E-state index contributed by atoms with van der Waals surface area (Å²) in [6.45, 7) is 0. The molecule has 1 fully saturated rings. The van der Waals surface area contributed by atoms with Crippen LogP contribution in [0.1, 0.15) is 12.8 Å².